The number of hydrogen-bond acceptors (Lipinski definition) is 3. The van der Waals surface area contributed by atoms with Crippen LogP contribution >= 0.6 is 0 Å². The Kier molecular flexibility index (Phi) is 8.34. The molecule has 34 heavy (non-hydrogen) atoms. The molecule has 4 rings (SSSR count). The summed E-state index contributed by atoms with van der Waals surface area (Å²) >= 11 is 0. The van der Waals surface area contributed by atoms with Crippen LogP contribution in [0.4, 0.5) is 4.39 Å². The highest BCUT2D eigenvalue weighted by Gasteiger charge is 2.24. The van der Waals surface area contributed by atoms with Crippen molar-refractivity contribution in [2.45, 2.75) is 58.4 Å². The van der Waals surface area contributed by atoms with Crippen molar-refractivity contribution in [3.05, 3.63) is 101 Å². The van der Waals surface area contributed by atoms with Gasteiger partial charge in [0, 0.05) is 17.8 Å². The zero-order chi connectivity index (χ0) is 23.9. The van der Waals surface area contributed by atoms with Crippen LogP contribution in [0.15, 0.2) is 78.4 Å². The lowest BCUT2D eigenvalue weighted by molar-refractivity contribution is 0.193. The van der Waals surface area contributed by atoms with Gasteiger partial charge < -0.3 is 10.2 Å². The maximum Gasteiger partial charge on any atom is 0.122 e. The zero-order valence-electron chi connectivity index (χ0n) is 20.7. The van der Waals surface area contributed by atoms with Gasteiger partial charge in [-0.3, -0.25) is 4.98 Å². The molecule has 0 spiro atoms. The molecule has 1 N–H and O–H groups in total. The van der Waals surface area contributed by atoms with Gasteiger partial charge in [0.15, 0.2) is 0 Å². The summed E-state index contributed by atoms with van der Waals surface area (Å²) in [6.07, 6.45) is 11.6. The van der Waals surface area contributed by atoms with E-state index in [9.17, 15) is 4.39 Å². The van der Waals surface area contributed by atoms with Crippen LogP contribution < -0.4 is 5.32 Å². The lowest BCUT2D eigenvalue weighted by Crippen LogP contribution is -2.37. The molecule has 3 nitrogen and oxygen atoms in total. The number of likely N-dealkylation sites (tertiary alicyclic amines) is 1. The molecule has 1 atom stereocenters. The minimum Gasteiger partial charge on any atom is -0.376 e. The zero-order valence-corrected chi connectivity index (χ0v) is 20.7. The largest absolute Gasteiger partial charge is 0.376 e. The molecule has 2 aliphatic rings. The van der Waals surface area contributed by atoms with E-state index in [1.165, 1.54) is 11.1 Å². The molecule has 1 fully saturated rings. The smallest absolute Gasteiger partial charge is 0.122 e. The highest BCUT2D eigenvalue weighted by atomic mass is 19.1. The third kappa shape index (κ3) is 6.44. The first-order valence-corrected chi connectivity index (χ1v) is 12.7. The summed E-state index contributed by atoms with van der Waals surface area (Å²) in [6.45, 7) is 11.8. The SMILES string of the molecule is C=C(NC(c1ccc(C)cc1)c1ccc(C)cn1)C1CCN(CCCC2=CCCC=C2F)CC1. The molecule has 0 amide bonds. The Morgan fingerprint density at radius 3 is 2.44 bits per heavy atom. The molecule has 0 bridgehead atoms. The minimum absolute atomic E-state index is 0.00136. The predicted octanol–water partition coefficient (Wildman–Crippen LogP) is 6.96. The Morgan fingerprint density at radius 1 is 1.06 bits per heavy atom. The van der Waals surface area contributed by atoms with Crippen LogP contribution in [0.25, 0.3) is 0 Å². The molecular weight excluding hydrogens is 421 g/mol. The highest BCUT2D eigenvalue weighted by molar-refractivity contribution is 5.32. The van der Waals surface area contributed by atoms with Crippen LogP contribution in [0.3, 0.4) is 0 Å². The van der Waals surface area contributed by atoms with E-state index in [0.29, 0.717) is 5.92 Å². The number of nitrogens with zero attached hydrogens (tertiary/aromatic N) is 2. The van der Waals surface area contributed by atoms with Gasteiger partial charge in [-0.05, 0) is 101 Å². The number of nitrogens with one attached hydrogen (secondary N) is 1. The second-order valence-electron chi connectivity index (χ2n) is 9.85. The lowest BCUT2D eigenvalue weighted by atomic mass is 9.92. The first-order chi connectivity index (χ1) is 16.5. The van der Waals surface area contributed by atoms with Crippen molar-refractivity contribution in [3.8, 4) is 0 Å². The van der Waals surface area contributed by atoms with Crippen molar-refractivity contribution in [1.29, 1.82) is 0 Å². The summed E-state index contributed by atoms with van der Waals surface area (Å²) in [5, 5.41) is 3.73. The molecule has 1 aliphatic heterocycles. The fraction of sp³-hybridized carbons (Fsp3) is 0.433. The average Bonchev–Trinajstić information content (AvgIpc) is 2.85. The van der Waals surface area contributed by atoms with Gasteiger partial charge in [0.25, 0.3) is 0 Å². The van der Waals surface area contributed by atoms with Gasteiger partial charge in [-0.15, -0.1) is 0 Å². The van der Waals surface area contributed by atoms with E-state index in [-0.39, 0.29) is 11.9 Å². The van der Waals surface area contributed by atoms with Gasteiger partial charge in [-0.25, -0.2) is 4.39 Å². The summed E-state index contributed by atoms with van der Waals surface area (Å²) in [5.74, 6) is 0.453. The molecule has 180 valence electrons. The van der Waals surface area contributed by atoms with Gasteiger partial charge in [-0.2, -0.15) is 0 Å². The number of halogens is 1. The second-order valence-corrected chi connectivity index (χ2v) is 9.85. The molecule has 1 aromatic carbocycles. The number of rotatable bonds is 9. The van der Waals surface area contributed by atoms with Gasteiger partial charge in [0.1, 0.15) is 5.83 Å². The maximum atomic E-state index is 13.9. The fourth-order valence-electron chi connectivity index (χ4n) is 4.96. The Balaban J connectivity index is 1.31. The van der Waals surface area contributed by atoms with E-state index in [0.717, 1.165) is 80.7 Å². The summed E-state index contributed by atoms with van der Waals surface area (Å²) in [4.78, 5) is 7.24. The number of allylic oxidation sites excluding steroid dienone is 5. The van der Waals surface area contributed by atoms with Crippen LogP contribution in [0.5, 0.6) is 0 Å². The standard InChI is InChI=1S/C30H38FN3/c1-22-10-13-27(14-11-22)30(29-15-12-23(2)21-32-29)33-24(3)25-16-19-34(20-17-25)18-6-8-26-7-4-5-9-28(26)31/h7,9-15,21,25,30,33H,3-6,8,16-20H2,1-2H3. The van der Waals surface area contributed by atoms with E-state index in [4.69, 9.17) is 4.98 Å². The fourth-order valence-corrected chi connectivity index (χ4v) is 4.96. The van der Waals surface area contributed by atoms with Crippen molar-refractivity contribution in [3.63, 3.8) is 0 Å². The van der Waals surface area contributed by atoms with Crippen molar-refractivity contribution in [1.82, 2.24) is 15.2 Å². The van der Waals surface area contributed by atoms with Gasteiger partial charge in [0.05, 0.1) is 11.7 Å². The molecular formula is C30H38FN3. The molecule has 1 saturated heterocycles. The Bertz CT molecular complexity index is 967. The summed E-state index contributed by atoms with van der Waals surface area (Å²) in [6, 6.07) is 12.9. The summed E-state index contributed by atoms with van der Waals surface area (Å²) < 4.78 is 13.9. The third-order valence-corrected chi connectivity index (χ3v) is 7.16. The van der Waals surface area contributed by atoms with Crippen molar-refractivity contribution >= 4 is 0 Å². The van der Waals surface area contributed by atoms with E-state index >= 15 is 0 Å². The summed E-state index contributed by atoms with van der Waals surface area (Å²) in [5.41, 5.74) is 6.66. The molecule has 1 aliphatic carbocycles. The monoisotopic (exact) mass is 459 g/mol. The number of hydrogen-bond donors (Lipinski definition) is 1. The molecule has 2 aromatic rings. The van der Waals surface area contributed by atoms with E-state index in [2.05, 4.69) is 73.1 Å². The van der Waals surface area contributed by atoms with Gasteiger partial charge in [-0.1, -0.05) is 48.6 Å². The third-order valence-electron chi connectivity index (χ3n) is 7.16. The normalized spacial score (nSPS) is 18.2. The highest BCUT2D eigenvalue weighted by Crippen LogP contribution is 2.29. The first-order valence-electron chi connectivity index (χ1n) is 12.7. The van der Waals surface area contributed by atoms with Crippen molar-refractivity contribution < 1.29 is 4.39 Å². The molecule has 0 saturated carbocycles. The molecule has 2 heterocycles. The second kappa shape index (κ2) is 11.6. The predicted molar refractivity (Wildman–Crippen MR) is 139 cm³/mol. The quantitative estimate of drug-likeness (QED) is 0.439. The Morgan fingerprint density at radius 2 is 1.76 bits per heavy atom. The number of piperidine rings is 1. The van der Waals surface area contributed by atoms with Gasteiger partial charge >= 0.3 is 0 Å². The average molecular weight is 460 g/mol. The number of benzene rings is 1. The molecule has 1 aromatic heterocycles. The Labute approximate surface area is 204 Å². The van der Waals surface area contributed by atoms with E-state index < -0.39 is 0 Å². The maximum absolute atomic E-state index is 13.9. The van der Waals surface area contributed by atoms with Crippen LogP contribution in [0, 0.1) is 19.8 Å². The molecule has 0 radical (unpaired) electrons. The van der Waals surface area contributed by atoms with Crippen LogP contribution in [-0.2, 0) is 0 Å². The molecule has 4 heteroatoms. The van der Waals surface area contributed by atoms with E-state index in [1.807, 2.05) is 6.20 Å². The molecule has 1 unspecified atom stereocenters. The van der Waals surface area contributed by atoms with Gasteiger partial charge in [0.2, 0.25) is 0 Å². The first kappa shape index (κ1) is 24.4. The van der Waals surface area contributed by atoms with Crippen molar-refractivity contribution in [2.75, 3.05) is 19.6 Å². The minimum atomic E-state index is -0.00144. The summed E-state index contributed by atoms with van der Waals surface area (Å²) in [7, 11) is 0. The van der Waals surface area contributed by atoms with Crippen molar-refractivity contribution in [2.24, 2.45) is 5.92 Å². The van der Waals surface area contributed by atoms with Crippen LogP contribution in [0.1, 0.15) is 67.0 Å². The van der Waals surface area contributed by atoms with Crippen LogP contribution in [0.2, 0.25) is 0 Å². The lowest BCUT2D eigenvalue weighted by Gasteiger charge is -2.34. The Hall–Kier alpha value is -2.72. The van der Waals surface area contributed by atoms with E-state index in [1.54, 1.807) is 6.08 Å². The topological polar surface area (TPSA) is 28.2 Å². The van der Waals surface area contributed by atoms with Crippen LogP contribution in [-0.4, -0.2) is 29.5 Å². The number of pyridine rings is 1. The number of aryl methyl sites for hydroxylation is 2. The number of aromatic nitrogens is 1.